The number of sulfonamides is 1. The van der Waals surface area contributed by atoms with Gasteiger partial charge in [0.15, 0.2) is 0 Å². The van der Waals surface area contributed by atoms with Crippen molar-refractivity contribution >= 4 is 16.0 Å². The van der Waals surface area contributed by atoms with Crippen LogP contribution in [-0.2, 0) is 14.8 Å². The molecule has 53 heavy (non-hydrogen) atoms. The van der Waals surface area contributed by atoms with Crippen LogP contribution in [0.15, 0.2) is 35.5 Å². The molecular weight excluding hydrogens is 686 g/mol. The molecule has 7 rings (SSSR count). The number of halogens is 1. The van der Waals surface area contributed by atoms with Crippen LogP contribution in [0.25, 0.3) is 0 Å². The van der Waals surface area contributed by atoms with Crippen LogP contribution in [0.3, 0.4) is 0 Å². The largest absolute Gasteiger partial charge is 0.481 e. The van der Waals surface area contributed by atoms with Crippen LogP contribution < -0.4 is 5.32 Å². The van der Waals surface area contributed by atoms with Gasteiger partial charge in [-0.3, -0.25) is 9.69 Å². The molecule has 0 spiro atoms. The molecule has 6 aliphatic carbocycles. The van der Waals surface area contributed by atoms with E-state index in [1.807, 2.05) is 0 Å². The number of rotatable bonds is 9. The van der Waals surface area contributed by atoms with Crippen molar-refractivity contribution in [1.29, 1.82) is 0 Å². The van der Waals surface area contributed by atoms with Crippen molar-refractivity contribution in [1.82, 2.24) is 14.5 Å². The number of alkyl halides is 1. The first-order valence-corrected chi connectivity index (χ1v) is 22.9. The van der Waals surface area contributed by atoms with Crippen molar-refractivity contribution in [3.8, 4) is 0 Å². The highest BCUT2D eigenvalue weighted by molar-refractivity contribution is 7.88. The first-order valence-electron chi connectivity index (χ1n) is 21.1. The predicted octanol–water partition coefficient (Wildman–Crippen LogP) is 8.25. The van der Waals surface area contributed by atoms with Gasteiger partial charge in [-0.05, 0) is 146 Å². The van der Waals surface area contributed by atoms with Gasteiger partial charge in [0, 0.05) is 44.8 Å². The van der Waals surface area contributed by atoms with Crippen LogP contribution in [0.4, 0.5) is 4.39 Å². The second-order valence-corrected chi connectivity index (χ2v) is 22.5. The minimum Gasteiger partial charge on any atom is -0.481 e. The van der Waals surface area contributed by atoms with Crippen LogP contribution in [0.5, 0.6) is 0 Å². The molecule has 0 amide bonds. The number of carboxylic acids is 1. The van der Waals surface area contributed by atoms with E-state index in [2.05, 4.69) is 70.5 Å². The summed E-state index contributed by atoms with van der Waals surface area (Å²) in [6.45, 7) is 23.7. The molecule has 0 radical (unpaired) electrons. The highest BCUT2D eigenvalue weighted by Crippen LogP contribution is 2.76. The van der Waals surface area contributed by atoms with E-state index in [1.165, 1.54) is 74.3 Å². The molecule has 0 bridgehead atoms. The number of aliphatic carboxylic acids is 1. The highest BCUT2D eigenvalue weighted by Gasteiger charge is 2.70. The van der Waals surface area contributed by atoms with Crippen molar-refractivity contribution in [3.05, 3.63) is 35.5 Å². The Morgan fingerprint density at radius 1 is 0.925 bits per heavy atom. The van der Waals surface area contributed by atoms with E-state index in [0.29, 0.717) is 55.5 Å². The van der Waals surface area contributed by atoms with E-state index in [0.717, 1.165) is 32.6 Å². The minimum absolute atomic E-state index is 0.0174. The zero-order chi connectivity index (χ0) is 38.4. The Hall–Kier alpha value is -1.55. The third kappa shape index (κ3) is 6.09. The summed E-state index contributed by atoms with van der Waals surface area (Å²) in [5.74, 6) is 2.01. The summed E-state index contributed by atoms with van der Waals surface area (Å²) in [4.78, 5) is 14.4. The van der Waals surface area contributed by atoms with Crippen molar-refractivity contribution in [3.63, 3.8) is 0 Å². The molecule has 10 atom stereocenters. The van der Waals surface area contributed by atoms with Gasteiger partial charge in [-0.25, -0.2) is 12.8 Å². The zero-order valence-corrected chi connectivity index (χ0v) is 34.9. The average molecular weight is 756 g/mol. The number of nitrogens with one attached hydrogen (secondary N) is 1. The molecule has 298 valence electrons. The molecule has 0 aromatic carbocycles. The van der Waals surface area contributed by atoms with Crippen molar-refractivity contribution in [2.24, 2.45) is 56.7 Å². The van der Waals surface area contributed by atoms with E-state index in [9.17, 15) is 22.7 Å². The first-order chi connectivity index (χ1) is 24.8. The van der Waals surface area contributed by atoms with Gasteiger partial charge >= 0.3 is 5.97 Å². The molecule has 2 N–H and O–H groups in total. The Morgan fingerprint density at radius 2 is 1.64 bits per heavy atom. The molecule has 7 aliphatic rings. The third-order valence-electron chi connectivity index (χ3n) is 18.0. The Balaban J connectivity index is 1.11. The molecule has 1 saturated heterocycles. The number of fused-ring (bicyclic) bond motifs is 7. The number of piperazine rings is 1. The monoisotopic (exact) mass is 756 g/mol. The van der Waals surface area contributed by atoms with Gasteiger partial charge in [0.2, 0.25) is 10.0 Å². The van der Waals surface area contributed by atoms with Gasteiger partial charge in [0.25, 0.3) is 0 Å². The van der Waals surface area contributed by atoms with E-state index >= 15 is 0 Å². The maximum absolute atomic E-state index is 14.0. The topological polar surface area (TPSA) is 90.0 Å². The number of allylic oxidation sites excluding steroid dienone is 5. The number of hydrogen-bond donors (Lipinski definition) is 2. The quantitative estimate of drug-likeness (QED) is 0.231. The van der Waals surface area contributed by atoms with Gasteiger partial charge in [0.05, 0.1) is 11.7 Å². The van der Waals surface area contributed by atoms with Gasteiger partial charge < -0.3 is 10.4 Å². The van der Waals surface area contributed by atoms with Crippen LogP contribution in [0, 0.1) is 56.7 Å². The van der Waals surface area contributed by atoms with E-state index in [4.69, 9.17) is 0 Å². The van der Waals surface area contributed by atoms with Gasteiger partial charge in [0.1, 0.15) is 6.67 Å². The lowest BCUT2D eigenvalue weighted by molar-refractivity contribution is -0.221. The Kier molecular flexibility index (Phi) is 10.1. The fourth-order valence-electron chi connectivity index (χ4n) is 14.9. The summed E-state index contributed by atoms with van der Waals surface area (Å²) in [5, 5.41) is 14.1. The fourth-order valence-corrected chi connectivity index (χ4v) is 15.7. The van der Waals surface area contributed by atoms with Gasteiger partial charge in [-0.15, -0.1) is 0 Å². The zero-order valence-electron chi connectivity index (χ0n) is 34.0. The van der Waals surface area contributed by atoms with E-state index < -0.39 is 28.1 Å². The van der Waals surface area contributed by atoms with Gasteiger partial charge in [-0.1, -0.05) is 58.9 Å². The average Bonchev–Trinajstić information content (AvgIpc) is 3.48. The minimum atomic E-state index is -3.12. The number of carbonyl (C=O) groups is 1. The van der Waals surface area contributed by atoms with Crippen molar-refractivity contribution < 1.29 is 22.7 Å². The van der Waals surface area contributed by atoms with Crippen molar-refractivity contribution in [2.75, 3.05) is 52.2 Å². The summed E-state index contributed by atoms with van der Waals surface area (Å²) >= 11 is 0. The second-order valence-electron chi connectivity index (χ2n) is 20.5. The lowest BCUT2D eigenvalue weighted by Gasteiger charge is -2.72. The fraction of sp³-hybridized carbons (Fsp3) is 0.841. The van der Waals surface area contributed by atoms with Crippen LogP contribution in [0.2, 0.25) is 0 Å². The Morgan fingerprint density at radius 3 is 2.25 bits per heavy atom. The maximum atomic E-state index is 14.0. The van der Waals surface area contributed by atoms with E-state index in [-0.39, 0.29) is 33.6 Å². The lowest BCUT2D eigenvalue weighted by atomic mass is 9.33. The van der Waals surface area contributed by atoms with Crippen LogP contribution in [0.1, 0.15) is 119 Å². The smallest absolute Gasteiger partial charge is 0.312 e. The van der Waals surface area contributed by atoms with Crippen LogP contribution in [-0.4, -0.2) is 86.4 Å². The normalized spacial score (nSPS) is 44.5. The summed E-state index contributed by atoms with van der Waals surface area (Å²) in [5.41, 5.74) is 3.61. The second kappa shape index (κ2) is 13.5. The molecule has 3 unspecified atom stereocenters. The van der Waals surface area contributed by atoms with E-state index in [1.54, 1.807) is 4.31 Å². The SMILES string of the molecule is C=C(C)[C@@H]1CC[C@]2(NCCN3CCN(S(C)(=O)=O)CC3)CC[C@]3(C)C(CCC4[C@@]5(C)CC=C(C6=CC[C@](CF)(C(=O)O)CC6)C(C)(C)C5CC[C@]43C)[C@@H]12. The summed E-state index contributed by atoms with van der Waals surface area (Å²) in [6, 6.07) is 0. The Bertz CT molecular complexity index is 1650. The molecule has 9 heteroatoms. The standard InChI is InChI=1S/C44H70FN3O4S/c1-30(2)32-13-20-44(46-23-24-47-25-27-48(28-26-47)53(8,51)52)22-21-41(6)34(37(32)44)9-10-36-40(5)16-14-33(39(3,4)35(40)15-17-42(36,41)7)31-11-18-43(29-45,19-12-31)38(49)50/h11,14,32,34-37,46H,1,9-10,12-13,15-29H2,2-8H3,(H,49,50)/t32-,34?,35?,36?,37+,40-,41+,42+,43-,44-/m0/s1. The Labute approximate surface area is 320 Å². The summed E-state index contributed by atoms with van der Waals surface area (Å²) < 4.78 is 39.7. The summed E-state index contributed by atoms with van der Waals surface area (Å²) in [6.07, 6.45) is 18.3. The molecule has 0 aromatic heterocycles. The van der Waals surface area contributed by atoms with Crippen LogP contribution >= 0.6 is 0 Å². The number of carboxylic acid groups (broad SMARTS) is 1. The van der Waals surface area contributed by atoms with Crippen molar-refractivity contribution in [2.45, 2.75) is 124 Å². The molecule has 5 fully saturated rings. The first kappa shape index (κ1) is 39.7. The summed E-state index contributed by atoms with van der Waals surface area (Å²) in [7, 11) is -3.12. The molecule has 1 aliphatic heterocycles. The lowest BCUT2D eigenvalue weighted by Crippen LogP contribution is -2.68. The number of hydrogen-bond acceptors (Lipinski definition) is 5. The third-order valence-corrected chi connectivity index (χ3v) is 19.3. The number of nitrogens with zero attached hydrogens (tertiary/aromatic N) is 2. The predicted molar refractivity (Wildman–Crippen MR) is 212 cm³/mol. The molecule has 4 saturated carbocycles. The molecule has 1 heterocycles. The highest BCUT2D eigenvalue weighted by atomic mass is 32.2. The van der Waals surface area contributed by atoms with Gasteiger partial charge in [-0.2, -0.15) is 4.31 Å². The molecular formula is C44H70FN3O4S. The molecule has 0 aromatic rings. The maximum Gasteiger partial charge on any atom is 0.312 e. The molecule has 7 nitrogen and oxygen atoms in total.